The number of non-ortho nitro benzene ring substituents is 1. The molecule has 6 atom stereocenters. The fourth-order valence-corrected chi connectivity index (χ4v) is 6.93. The molecule has 0 amide bonds. The quantitative estimate of drug-likeness (QED) is 0.375. The van der Waals surface area contributed by atoms with Crippen LogP contribution >= 0.6 is 0 Å². The highest BCUT2D eigenvalue weighted by atomic mass is 16.6. The Hall–Kier alpha value is -3.30. The first-order valence-electron chi connectivity index (χ1n) is 12.8. The number of likely N-dealkylation sites (tertiary alicyclic amines) is 1. The average molecular weight is 510 g/mol. The van der Waals surface area contributed by atoms with Crippen LogP contribution in [0, 0.1) is 26.9 Å². The molecular weight excluding hydrogens is 474 g/mol. The summed E-state index contributed by atoms with van der Waals surface area (Å²) in [5.41, 5.74) is -1.72. The molecule has 0 saturated carbocycles. The first-order chi connectivity index (χ1) is 17.5. The van der Waals surface area contributed by atoms with Gasteiger partial charge < -0.3 is 15.5 Å². The molecule has 4 rings (SSSR count). The smallest absolute Gasteiger partial charge is 0.312 e. The number of nitrogens with zero attached hydrogens (tertiary/aromatic N) is 2. The van der Waals surface area contributed by atoms with Crippen molar-refractivity contribution in [3.05, 3.63) is 75.8 Å². The SMILES string of the molecule is CC1NC(C)C(C(=O)O)([C@H]2CCCN(Cc3ccccc3)C2)[C@@H](c2cccc([N+](=O)[O-])c2)C1(C)C(=O)O. The second-order valence-corrected chi connectivity index (χ2v) is 10.8. The molecule has 2 aliphatic rings. The fraction of sp³-hybridized carbons (Fsp3) is 0.500. The Bertz CT molecular complexity index is 1170. The number of benzene rings is 2. The van der Waals surface area contributed by atoms with E-state index in [4.69, 9.17) is 0 Å². The molecule has 2 aliphatic heterocycles. The molecule has 3 N–H and O–H groups in total. The Balaban J connectivity index is 1.87. The lowest BCUT2D eigenvalue weighted by Gasteiger charge is -2.59. The standard InChI is InChI=1S/C28H35N3O6/c1-18-27(3,25(32)33)24(21-11-7-13-23(15-21)31(36)37)28(26(34)35,19(2)29-18)22-12-8-14-30(17-22)16-20-9-5-4-6-10-20/h4-7,9-11,13,15,18-19,22,24,29H,8,12,14,16-17H2,1-3H3,(H,32,33)(H,34,35)/t18?,19?,22-,24-,27?,28?/m0/s1. The van der Waals surface area contributed by atoms with E-state index in [2.05, 4.69) is 10.2 Å². The number of nitrogens with one attached hydrogen (secondary N) is 1. The summed E-state index contributed by atoms with van der Waals surface area (Å²) >= 11 is 0. The van der Waals surface area contributed by atoms with Gasteiger partial charge >= 0.3 is 11.9 Å². The van der Waals surface area contributed by atoms with E-state index in [-0.39, 0.29) is 11.6 Å². The number of carbonyl (C=O) groups is 2. The minimum atomic E-state index is -1.53. The van der Waals surface area contributed by atoms with Gasteiger partial charge in [-0.05, 0) is 57.2 Å². The van der Waals surface area contributed by atoms with E-state index in [1.807, 2.05) is 37.3 Å². The van der Waals surface area contributed by atoms with E-state index in [0.29, 0.717) is 25.1 Å². The van der Waals surface area contributed by atoms with Crippen LogP contribution in [-0.4, -0.2) is 57.1 Å². The van der Waals surface area contributed by atoms with Crippen LogP contribution in [0.3, 0.4) is 0 Å². The largest absolute Gasteiger partial charge is 0.481 e. The summed E-state index contributed by atoms with van der Waals surface area (Å²) in [6.07, 6.45) is 1.40. The molecule has 0 aromatic heterocycles. The first-order valence-corrected chi connectivity index (χ1v) is 12.8. The molecule has 9 heteroatoms. The molecule has 2 aromatic carbocycles. The van der Waals surface area contributed by atoms with Crippen molar-refractivity contribution >= 4 is 17.6 Å². The molecule has 0 radical (unpaired) electrons. The predicted octanol–water partition coefficient (Wildman–Crippen LogP) is 4.13. The minimum absolute atomic E-state index is 0.183. The van der Waals surface area contributed by atoms with Crippen molar-refractivity contribution in [3.63, 3.8) is 0 Å². The van der Waals surface area contributed by atoms with Gasteiger partial charge in [0.05, 0.1) is 15.8 Å². The maximum atomic E-state index is 13.5. The molecule has 2 fully saturated rings. The summed E-state index contributed by atoms with van der Waals surface area (Å²) in [6.45, 7) is 7.11. The van der Waals surface area contributed by atoms with E-state index < -0.39 is 45.7 Å². The van der Waals surface area contributed by atoms with Gasteiger partial charge in [-0.1, -0.05) is 42.5 Å². The van der Waals surface area contributed by atoms with Gasteiger partial charge in [-0.15, -0.1) is 0 Å². The molecule has 4 unspecified atom stereocenters. The lowest BCUT2D eigenvalue weighted by atomic mass is 9.48. The number of aliphatic carboxylic acids is 2. The third kappa shape index (κ3) is 4.51. The summed E-state index contributed by atoms with van der Waals surface area (Å²) in [4.78, 5) is 39.7. The number of hydrogen-bond acceptors (Lipinski definition) is 6. The number of carboxylic acid groups (broad SMARTS) is 2. The van der Waals surface area contributed by atoms with Gasteiger partial charge in [-0.2, -0.15) is 0 Å². The molecule has 9 nitrogen and oxygen atoms in total. The summed E-state index contributed by atoms with van der Waals surface area (Å²) in [7, 11) is 0. The van der Waals surface area contributed by atoms with Crippen molar-refractivity contribution in [3.8, 4) is 0 Å². The predicted molar refractivity (Wildman–Crippen MR) is 138 cm³/mol. The van der Waals surface area contributed by atoms with Crippen LogP contribution in [0.1, 0.15) is 50.7 Å². The molecule has 0 spiro atoms. The zero-order valence-electron chi connectivity index (χ0n) is 21.5. The van der Waals surface area contributed by atoms with Gasteiger partial charge in [0.2, 0.25) is 0 Å². The van der Waals surface area contributed by atoms with Gasteiger partial charge in [-0.25, -0.2) is 0 Å². The molecule has 2 aromatic rings. The van der Waals surface area contributed by atoms with Gasteiger partial charge in [-0.3, -0.25) is 24.6 Å². The third-order valence-corrected chi connectivity index (χ3v) is 8.87. The second-order valence-electron chi connectivity index (χ2n) is 10.8. The number of carboxylic acids is 2. The van der Waals surface area contributed by atoms with Crippen LogP contribution in [0.5, 0.6) is 0 Å². The maximum Gasteiger partial charge on any atom is 0.312 e. The number of nitro groups is 1. The van der Waals surface area contributed by atoms with Gasteiger partial charge in [0.1, 0.15) is 0 Å². The Morgan fingerprint density at radius 2 is 1.78 bits per heavy atom. The van der Waals surface area contributed by atoms with Crippen LogP contribution in [0.15, 0.2) is 54.6 Å². The van der Waals surface area contributed by atoms with Gasteiger partial charge in [0, 0.05) is 43.2 Å². The normalized spacial score (nSPS) is 32.5. The van der Waals surface area contributed by atoms with Gasteiger partial charge in [0.15, 0.2) is 0 Å². The molecule has 198 valence electrons. The molecular formula is C28H35N3O6. The van der Waals surface area contributed by atoms with Crippen molar-refractivity contribution < 1.29 is 24.7 Å². The van der Waals surface area contributed by atoms with E-state index in [1.165, 1.54) is 18.2 Å². The molecule has 0 aliphatic carbocycles. The van der Waals surface area contributed by atoms with Crippen LogP contribution in [0.2, 0.25) is 0 Å². The molecule has 37 heavy (non-hydrogen) atoms. The monoisotopic (exact) mass is 509 g/mol. The van der Waals surface area contributed by atoms with E-state index >= 15 is 0 Å². The zero-order chi connectivity index (χ0) is 27.0. The summed E-state index contributed by atoms with van der Waals surface area (Å²) in [5.74, 6) is -3.57. The second kappa shape index (κ2) is 10.2. The number of hydrogen-bond donors (Lipinski definition) is 3. The highest BCUT2D eigenvalue weighted by Crippen LogP contribution is 2.60. The van der Waals surface area contributed by atoms with Crippen molar-refractivity contribution in [2.45, 2.75) is 58.2 Å². The number of nitro benzene ring substituents is 1. The van der Waals surface area contributed by atoms with E-state index in [1.54, 1.807) is 19.9 Å². The molecule has 0 bridgehead atoms. The van der Waals surface area contributed by atoms with E-state index in [9.17, 15) is 29.9 Å². The molecule has 2 heterocycles. The van der Waals surface area contributed by atoms with Crippen molar-refractivity contribution in [1.29, 1.82) is 0 Å². The topological polar surface area (TPSA) is 133 Å². The van der Waals surface area contributed by atoms with Crippen LogP contribution in [0.4, 0.5) is 5.69 Å². The fourth-order valence-electron chi connectivity index (χ4n) is 6.93. The Labute approximate surface area is 216 Å². The summed E-state index contributed by atoms with van der Waals surface area (Å²) in [5, 5.41) is 36.5. The van der Waals surface area contributed by atoms with Crippen molar-refractivity contribution in [2.75, 3.05) is 13.1 Å². The Kier molecular flexibility index (Phi) is 7.39. The summed E-state index contributed by atoms with van der Waals surface area (Å²) in [6, 6.07) is 14.7. The van der Waals surface area contributed by atoms with E-state index in [0.717, 1.165) is 18.5 Å². The minimum Gasteiger partial charge on any atom is -0.481 e. The molecule has 2 saturated heterocycles. The zero-order valence-corrected chi connectivity index (χ0v) is 21.5. The van der Waals surface area contributed by atoms with Crippen molar-refractivity contribution in [1.82, 2.24) is 10.2 Å². The highest BCUT2D eigenvalue weighted by molar-refractivity contribution is 5.84. The van der Waals surface area contributed by atoms with Crippen LogP contribution in [-0.2, 0) is 16.1 Å². The average Bonchev–Trinajstić information content (AvgIpc) is 2.86. The number of rotatable bonds is 7. The number of piperidine rings is 2. The highest BCUT2D eigenvalue weighted by Gasteiger charge is 2.67. The maximum absolute atomic E-state index is 13.5. The Morgan fingerprint density at radius 3 is 2.41 bits per heavy atom. The first kappa shape index (κ1) is 26.8. The summed E-state index contributed by atoms with van der Waals surface area (Å²) < 4.78 is 0. The van der Waals surface area contributed by atoms with Crippen molar-refractivity contribution in [2.24, 2.45) is 16.7 Å². The lowest BCUT2D eigenvalue weighted by Crippen LogP contribution is -2.71. The Morgan fingerprint density at radius 1 is 1.08 bits per heavy atom. The van der Waals surface area contributed by atoms with Crippen LogP contribution < -0.4 is 5.32 Å². The lowest BCUT2D eigenvalue weighted by molar-refractivity contribution is -0.385. The third-order valence-electron chi connectivity index (χ3n) is 8.87. The van der Waals surface area contributed by atoms with Crippen LogP contribution in [0.25, 0.3) is 0 Å². The van der Waals surface area contributed by atoms with Gasteiger partial charge in [0.25, 0.3) is 5.69 Å².